The number of amides is 1. The van der Waals surface area contributed by atoms with Gasteiger partial charge in [0.2, 0.25) is 5.82 Å². The number of nitro groups is 1. The van der Waals surface area contributed by atoms with Crippen molar-refractivity contribution in [2.45, 2.75) is 38.6 Å². The van der Waals surface area contributed by atoms with Crippen LogP contribution in [0.4, 0.5) is 33.3 Å². The minimum Gasteiger partial charge on any atom is -0.392 e. The van der Waals surface area contributed by atoms with Gasteiger partial charge in [0, 0.05) is 68.6 Å². The maximum absolute atomic E-state index is 14.1. The molecule has 2 aliphatic rings. The molecular formula is C37H35F5N4O6. The highest BCUT2D eigenvalue weighted by Crippen LogP contribution is 2.42. The van der Waals surface area contributed by atoms with Gasteiger partial charge in [0.1, 0.15) is 5.56 Å². The smallest absolute Gasteiger partial charge is 0.269 e. The maximum Gasteiger partial charge on any atom is 0.269 e. The van der Waals surface area contributed by atoms with Gasteiger partial charge in [-0.2, -0.15) is 0 Å². The molecule has 1 amide bonds. The zero-order valence-electron chi connectivity index (χ0n) is 27.9. The lowest BCUT2D eigenvalue weighted by Crippen LogP contribution is -2.51. The molecule has 6 rings (SSSR count). The van der Waals surface area contributed by atoms with Crippen LogP contribution in [0.3, 0.4) is 0 Å². The highest BCUT2D eigenvalue weighted by atomic mass is 19.2. The summed E-state index contributed by atoms with van der Waals surface area (Å²) in [6, 6.07) is 20.6. The molecule has 0 spiro atoms. The molecule has 4 atom stereocenters. The van der Waals surface area contributed by atoms with Gasteiger partial charge in [-0.25, -0.2) is 22.0 Å². The predicted octanol–water partition coefficient (Wildman–Crippen LogP) is 6.33. The summed E-state index contributed by atoms with van der Waals surface area (Å²) in [6.45, 7) is 5.18. The van der Waals surface area contributed by atoms with Crippen LogP contribution in [0, 0.1) is 45.1 Å². The average molecular weight is 727 g/mol. The molecular weight excluding hydrogens is 691 g/mol. The van der Waals surface area contributed by atoms with Crippen molar-refractivity contribution in [2.24, 2.45) is 5.92 Å². The number of nitrogens with one attached hydrogen (secondary N) is 1. The summed E-state index contributed by atoms with van der Waals surface area (Å²) >= 11 is 0. The van der Waals surface area contributed by atoms with E-state index >= 15 is 0 Å². The first-order valence-electron chi connectivity index (χ1n) is 16.6. The molecule has 2 fully saturated rings. The Morgan fingerprint density at radius 3 is 1.94 bits per heavy atom. The van der Waals surface area contributed by atoms with Gasteiger partial charge in [-0.15, -0.1) is 0 Å². The summed E-state index contributed by atoms with van der Waals surface area (Å²) in [5.41, 5.74) is 2.16. The summed E-state index contributed by atoms with van der Waals surface area (Å²) in [7, 11) is 0. The number of nitro benzene ring substituents is 1. The SMILES string of the molecule is C[C@@H]1[C@H](CN2CCN(c3ccc([N+](=O)[O-])cc3)CC2)O[C@H](c2ccc(CNC(=O)c3c(F)c(F)c(F)c(F)c3F)cc2)O[C@@H]1c1ccc(CO)cc1. The summed E-state index contributed by atoms with van der Waals surface area (Å²) < 4.78 is 81.9. The van der Waals surface area contributed by atoms with Gasteiger partial charge >= 0.3 is 0 Å². The van der Waals surface area contributed by atoms with Gasteiger partial charge in [0.05, 0.1) is 23.7 Å². The van der Waals surface area contributed by atoms with Crippen LogP contribution in [0.5, 0.6) is 0 Å². The Morgan fingerprint density at radius 2 is 1.37 bits per heavy atom. The molecule has 2 N–H and O–H groups in total. The predicted molar refractivity (Wildman–Crippen MR) is 179 cm³/mol. The van der Waals surface area contributed by atoms with Gasteiger partial charge in [-0.1, -0.05) is 55.5 Å². The molecule has 0 bridgehead atoms. The third-order valence-corrected chi connectivity index (χ3v) is 9.50. The summed E-state index contributed by atoms with van der Waals surface area (Å²) in [6.07, 6.45) is -1.45. The Hall–Kier alpha value is -4.96. The molecule has 2 saturated heterocycles. The fraction of sp³-hybridized carbons (Fsp3) is 0.324. The van der Waals surface area contributed by atoms with Crippen molar-refractivity contribution in [1.29, 1.82) is 0 Å². The van der Waals surface area contributed by atoms with Crippen LogP contribution >= 0.6 is 0 Å². The second-order valence-corrected chi connectivity index (χ2v) is 12.8. The second-order valence-electron chi connectivity index (χ2n) is 12.8. The molecule has 52 heavy (non-hydrogen) atoms. The Morgan fingerprint density at radius 1 is 0.808 bits per heavy atom. The number of rotatable bonds is 10. The van der Waals surface area contributed by atoms with E-state index in [4.69, 9.17) is 9.47 Å². The quantitative estimate of drug-likeness (QED) is 0.0641. The van der Waals surface area contributed by atoms with Gasteiger partial charge in [-0.05, 0) is 28.8 Å². The number of anilines is 1. The monoisotopic (exact) mass is 726 g/mol. The minimum atomic E-state index is -2.35. The van der Waals surface area contributed by atoms with E-state index in [0.29, 0.717) is 30.8 Å². The first kappa shape index (κ1) is 36.8. The topological polar surface area (TPSA) is 117 Å². The Balaban J connectivity index is 1.14. The molecule has 10 nitrogen and oxygen atoms in total. The van der Waals surface area contributed by atoms with E-state index < -0.39 is 51.8 Å². The van der Waals surface area contributed by atoms with Crippen molar-refractivity contribution in [3.63, 3.8) is 0 Å². The zero-order valence-corrected chi connectivity index (χ0v) is 27.9. The van der Waals surface area contributed by atoms with Crippen molar-refractivity contribution in [3.8, 4) is 0 Å². The Kier molecular flexibility index (Phi) is 11.1. The van der Waals surface area contributed by atoms with Gasteiger partial charge in [0.25, 0.3) is 11.6 Å². The number of nitrogens with zero attached hydrogens (tertiary/aromatic N) is 3. The van der Waals surface area contributed by atoms with Crippen molar-refractivity contribution in [1.82, 2.24) is 10.2 Å². The van der Waals surface area contributed by atoms with Crippen LogP contribution in [0.15, 0.2) is 72.8 Å². The van der Waals surface area contributed by atoms with Crippen LogP contribution in [-0.4, -0.2) is 59.7 Å². The molecule has 274 valence electrons. The number of piperazine rings is 1. The molecule has 4 aromatic carbocycles. The maximum atomic E-state index is 14.1. The van der Waals surface area contributed by atoms with Crippen LogP contribution < -0.4 is 10.2 Å². The molecule has 0 aliphatic carbocycles. The highest BCUT2D eigenvalue weighted by molar-refractivity contribution is 5.94. The number of halogens is 5. The second kappa shape index (κ2) is 15.7. The molecule has 2 heterocycles. The largest absolute Gasteiger partial charge is 0.392 e. The van der Waals surface area contributed by atoms with E-state index in [1.165, 1.54) is 12.1 Å². The molecule has 0 saturated carbocycles. The number of non-ortho nitro benzene ring substituents is 1. The lowest BCUT2D eigenvalue weighted by Gasteiger charge is -2.44. The van der Waals surface area contributed by atoms with Crippen LogP contribution in [0.1, 0.15) is 51.9 Å². The molecule has 15 heteroatoms. The van der Waals surface area contributed by atoms with Crippen LogP contribution in [-0.2, 0) is 22.6 Å². The van der Waals surface area contributed by atoms with Crippen LogP contribution in [0.25, 0.3) is 0 Å². The minimum absolute atomic E-state index is 0.0374. The van der Waals surface area contributed by atoms with E-state index in [-0.39, 0.29) is 37.0 Å². The number of hydrogen-bond donors (Lipinski definition) is 2. The first-order chi connectivity index (χ1) is 24.9. The van der Waals surface area contributed by atoms with E-state index in [9.17, 15) is 42.0 Å². The third kappa shape index (κ3) is 7.77. The number of hydrogen-bond acceptors (Lipinski definition) is 8. The number of ether oxygens (including phenoxy) is 2. The van der Waals surface area contributed by atoms with Gasteiger partial charge in [-0.3, -0.25) is 19.8 Å². The Bertz CT molecular complexity index is 1880. The van der Waals surface area contributed by atoms with Crippen molar-refractivity contribution < 1.29 is 46.3 Å². The summed E-state index contributed by atoms with van der Waals surface area (Å²) in [4.78, 5) is 27.5. The lowest BCUT2D eigenvalue weighted by atomic mass is 9.90. The standard InChI is InChI=1S/C37H35F5N4O6/c1-21-28(19-44-14-16-45(17-15-44)26-10-12-27(13-11-26)46(49)50)51-37(52-35(21)24-6-4-23(20-47)5-7-24)25-8-2-22(3-9-25)18-43-36(48)29-30(38)32(40)34(42)33(41)31(29)39/h2-13,21,28,35,37,47H,14-20H2,1H3,(H,43,48)/t21-,28+,35+,37+/m1/s1. The third-order valence-electron chi connectivity index (χ3n) is 9.50. The number of aliphatic hydroxyl groups is 1. The molecule has 0 radical (unpaired) electrons. The highest BCUT2D eigenvalue weighted by Gasteiger charge is 2.39. The lowest BCUT2D eigenvalue weighted by molar-refractivity contribution is -0.384. The molecule has 0 aromatic heterocycles. The van der Waals surface area contributed by atoms with Crippen molar-refractivity contribution in [2.75, 3.05) is 37.6 Å². The number of carbonyl (C=O) groups excluding carboxylic acids is 1. The number of benzene rings is 4. The normalized spacial score (nSPS) is 20.9. The average Bonchev–Trinajstić information content (AvgIpc) is 3.17. The summed E-state index contributed by atoms with van der Waals surface area (Å²) in [5, 5.41) is 22.8. The van der Waals surface area contributed by atoms with Gasteiger partial charge in [0.15, 0.2) is 29.6 Å². The van der Waals surface area contributed by atoms with E-state index in [2.05, 4.69) is 22.0 Å². The van der Waals surface area contributed by atoms with E-state index in [0.717, 1.165) is 29.9 Å². The number of carbonyl (C=O) groups is 1. The van der Waals surface area contributed by atoms with E-state index in [1.807, 2.05) is 24.3 Å². The molecule has 0 unspecified atom stereocenters. The molecule has 4 aromatic rings. The first-order valence-corrected chi connectivity index (χ1v) is 16.6. The van der Waals surface area contributed by atoms with Crippen molar-refractivity contribution in [3.05, 3.63) is 140 Å². The zero-order chi connectivity index (χ0) is 37.1. The fourth-order valence-corrected chi connectivity index (χ4v) is 6.42. The molecule has 2 aliphatic heterocycles. The Labute approximate surface area is 295 Å². The summed E-state index contributed by atoms with van der Waals surface area (Å²) in [5.74, 6) is -12.7. The van der Waals surface area contributed by atoms with Gasteiger partial charge < -0.3 is 24.8 Å². The fourth-order valence-electron chi connectivity index (χ4n) is 6.42. The van der Waals surface area contributed by atoms with Crippen LogP contribution in [0.2, 0.25) is 0 Å². The van der Waals surface area contributed by atoms with Crippen molar-refractivity contribution >= 4 is 17.3 Å². The number of aliphatic hydroxyl groups excluding tert-OH is 1. The van der Waals surface area contributed by atoms with E-state index in [1.54, 1.807) is 36.4 Å².